The molecule has 3 N–H and O–H groups in total. The molecule has 7 heteroatoms. The molecule has 0 bridgehead atoms. The summed E-state index contributed by atoms with van der Waals surface area (Å²) in [6.07, 6.45) is 4.80. The number of hydrogen-bond donors (Lipinski definition) is 3. The van der Waals surface area contributed by atoms with Crippen molar-refractivity contribution >= 4 is 17.8 Å². The Morgan fingerprint density at radius 1 is 1.13 bits per heavy atom. The van der Waals surface area contributed by atoms with Crippen molar-refractivity contribution in [2.45, 2.75) is 51.1 Å². The Hall–Kier alpha value is -2.93. The molecule has 0 aliphatic carbocycles. The Morgan fingerprint density at radius 2 is 1.84 bits per heavy atom. The first-order valence-corrected chi connectivity index (χ1v) is 10.5. The van der Waals surface area contributed by atoms with Gasteiger partial charge in [0.1, 0.15) is 6.61 Å². The summed E-state index contributed by atoms with van der Waals surface area (Å²) < 4.78 is 5.12. The third-order valence-electron chi connectivity index (χ3n) is 4.60. The van der Waals surface area contributed by atoms with Crippen LogP contribution in [0.4, 0.5) is 0 Å². The Balaban J connectivity index is 2.53. The van der Waals surface area contributed by atoms with E-state index in [0.29, 0.717) is 19.3 Å². The molecule has 1 rings (SSSR count). The van der Waals surface area contributed by atoms with Crippen molar-refractivity contribution in [1.82, 2.24) is 10.6 Å². The lowest BCUT2D eigenvalue weighted by Crippen LogP contribution is -2.44. The van der Waals surface area contributed by atoms with Gasteiger partial charge in [0.15, 0.2) is 0 Å². The van der Waals surface area contributed by atoms with Gasteiger partial charge in [0.05, 0.1) is 24.6 Å². The van der Waals surface area contributed by atoms with Crippen LogP contribution in [0.2, 0.25) is 0 Å². The summed E-state index contributed by atoms with van der Waals surface area (Å²) >= 11 is 0. The number of esters is 1. The number of rotatable bonds is 15. The summed E-state index contributed by atoms with van der Waals surface area (Å²) in [5, 5.41) is 15.2. The van der Waals surface area contributed by atoms with E-state index >= 15 is 0 Å². The maximum atomic E-state index is 12.6. The molecule has 0 aliphatic heterocycles. The largest absolute Gasteiger partial charge is 0.463 e. The van der Waals surface area contributed by atoms with E-state index in [4.69, 9.17) is 4.74 Å². The molecule has 0 radical (unpaired) electrons. The highest BCUT2D eigenvalue weighted by Crippen LogP contribution is 2.11. The zero-order valence-corrected chi connectivity index (χ0v) is 18.2. The van der Waals surface area contributed by atoms with Crippen LogP contribution in [0.3, 0.4) is 0 Å². The van der Waals surface area contributed by atoms with Gasteiger partial charge in [-0.15, -0.1) is 13.2 Å². The highest BCUT2D eigenvalue weighted by Gasteiger charge is 2.23. The van der Waals surface area contributed by atoms with Crippen LogP contribution in [0.1, 0.15) is 38.2 Å². The van der Waals surface area contributed by atoms with Crippen LogP contribution in [-0.4, -0.2) is 48.2 Å². The minimum atomic E-state index is -0.604. The van der Waals surface area contributed by atoms with Crippen LogP contribution in [0, 0.1) is 5.92 Å². The summed E-state index contributed by atoms with van der Waals surface area (Å²) in [7, 11) is 0. The van der Waals surface area contributed by atoms with Gasteiger partial charge in [-0.2, -0.15) is 0 Å². The first-order valence-electron chi connectivity index (χ1n) is 10.5. The van der Waals surface area contributed by atoms with E-state index in [0.717, 1.165) is 5.56 Å². The van der Waals surface area contributed by atoms with Crippen molar-refractivity contribution in [2.24, 2.45) is 5.92 Å². The number of aliphatic hydroxyl groups excluding tert-OH is 1. The van der Waals surface area contributed by atoms with Crippen LogP contribution in [-0.2, 0) is 25.5 Å². The summed E-state index contributed by atoms with van der Waals surface area (Å²) in [4.78, 5) is 36.6. The van der Waals surface area contributed by atoms with E-state index in [1.165, 1.54) is 0 Å². The molecule has 0 spiro atoms. The Labute approximate surface area is 184 Å². The zero-order chi connectivity index (χ0) is 23.1. The number of benzene rings is 1. The lowest BCUT2D eigenvalue weighted by molar-refractivity contribution is -0.145. The Morgan fingerprint density at radius 3 is 2.45 bits per heavy atom. The predicted octanol–water partition coefficient (Wildman–Crippen LogP) is 2.30. The average Bonchev–Trinajstić information content (AvgIpc) is 2.76. The molecule has 31 heavy (non-hydrogen) atoms. The molecule has 3 atom stereocenters. The monoisotopic (exact) mass is 430 g/mol. The molecule has 170 valence electrons. The van der Waals surface area contributed by atoms with Gasteiger partial charge in [0.25, 0.3) is 0 Å². The van der Waals surface area contributed by atoms with E-state index in [9.17, 15) is 19.5 Å². The summed E-state index contributed by atoms with van der Waals surface area (Å²) in [5.74, 6) is -1.59. The second-order valence-electron chi connectivity index (χ2n) is 7.48. The number of hydrogen-bond acceptors (Lipinski definition) is 5. The van der Waals surface area contributed by atoms with E-state index in [-0.39, 0.29) is 49.9 Å². The second-order valence-corrected chi connectivity index (χ2v) is 7.48. The van der Waals surface area contributed by atoms with Gasteiger partial charge in [0, 0.05) is 12.8 Å². The lowest BCUT2D eigenvalue weighted by Gasteiger charge is -2.21. The van der Waals surface area contributed by atoms with Gasteiger partial charge in [-0.1, -0.05) is 42.5 Å². The third-order valence-corrected chi connectivity index (χ3v) is 4.60. The standard InChI is InChI=1S/C24H34N2O5/c1-4-6-13-23(29)31-17-18(3)25-24(30)20(10-5-2)15-22(28)26-21(16-27)14-19-11-8-7-9-12-19/h4-5,7-9,11-12,18,20-21,27H,1-2,6,10,13-17H2,3H3,(H,25,30)(H,26,28). The number of aliphatic hydroxyl groups is 1. The molecular formula is C24H34N2O5. The van der Waals surface area contributed by atoms with Crippen LogP contribution in [0.5, 0.6) is 0 Å². The summed E-state index contributed by atoms with van der Waals surface area (Å²) in [6.45, 7) is 8.79. The molecule has 0 heterocycles. The highest BCUT2D eigenvalue weighted by atomic mass is 16.5. The zero-order valence-electron chi connectivity index (χ0n) is 18.2. The van der Waals surface area contributed by atoms with E-state index in [2.05, 4.69) is 23.8 Å². The first-order chi connectivity index (χ1) is 14.9. The first kappa shape index (κ1) is 26.1. The van der Waals surface area contributed by atoms with Gasteiger partial charge in [-0.3, -0.25) is 14.4 Å². The SMILES string of the molecule is C=CCCC(=O)OCC(C)NC(=O)C(CC=C)CC(=O)NC(CO)Cc1ccccc1. The Kier molecular flexibility index (Phi) is 12.6. The molecule has 0 aliphatic rings. The van der Waals surface area contributed by atoms with Gasteiger partial charge >= 0.3 is 5.97 Å². The topological polar surface area (TPSA) is 105 Å². The average molecular weight is 431 g/mol. The second kappa shape index (κ2) is 15.0. The molecule has 0 saturated carbocycles. The van der Waals surface area contributed by atoms with Crippen molar-refractivity contribution in [1.29, 1.82) is 0 Å². The highest BCUT2D eigenvalue weighted by molar-refractivity contribution is 5.86. The number of ether oxygens (including phenoxy) is 1. The summed E-state index contributed by atoms with van der Waals surface area (Å²) in [6, 6.07) is 8.72. The van der Waals surface area contributed by atoms with Crippen molar-refractivity contribution < 1.29 is 24.2 Å². The fourth-order valence-corrected chi connectivity index (χ4v) is 2.97. The third kappa shape index (κ3) is 11.1. The van der Waals surface area contributed by atoms with E-state index in [1.807, 2.05) is 30.3 Å². The Bertz CT molecular complexity index is 720. The van der Waals surface area contributed by atoms with Crippen molar-refractivity contribution in [3.8, 4) is 0 Å². The number of amides is 2. The molecular weight excluding hydrogens is 396 g/mol. The van der Waals surface area contributed by atoms with Gasteiger partial charge < -0.3 is 20.5 Å². The van der Waals surface area contributed by atoms with Gasteiger partial charge in [-0.05, 0) is 31.7 Å². The van der Waals surface area contributed by atoms with Crippen LogP contribution >= 0.6 is 0 Å². The predicted molar refractivity (Wildman–Crippen MR) is 120 cm³/mol. The van der Waals surface area contributed by atoms with Crippen LogP contribution in [0.15, 0.2) is 55.6 Å². The van der Waals surface area contributed by atoms with Gasteiger partial charge in [-0.25, -0.2) is 0 Å². The number of allylic oxidation sites excluding steroid dienone is 2. The normalized spacial score (nSPS) is 13.4. The fraction of sp³-hybridized carbons (Fsp3) is 0.458. The van der Waals surface area contributed by atoms with E-state index < -0.39 is 12.0 Å². The van der Waals surface area contributed by atoms with E-state index in [1.54, 1.807) is 19.1 Å². The molecule has 7 nitrogen and oxygen atoms in total. The van der Waals surface area contributed by atoms with Gasteiger partial charge in [0.2, 0.25) is 11.8 Å². The maximum absolute atomic E-state index is 12.6. The molecule has 1 aromatic rings. The molecule has 3 unspecified atom stereocenters. The molecule has 1 aromatic carbocycles. The summed E-state index contributed by atoms with van der Waals surface area (Å²) in [5.41, 5.74) is 0.999. The quantitative estimate of drug-likeness (QED) is 0.293. The maximum Gasteiger partial charge on any atom is 0.306 e. The molecule has 0 fully saturated rings. The molecule has 0 saturated heterocycles. The molecule has 2 amide bonds. The van der Waals surface area contributed by atoms with Crippen molar-refractivity contribution in [3.05, 3.63) is 61.2 Å². The smallest absolute Gasteiger partial charge is 0.306 e. The van der Waals surface area contributed by atoms with Crippen molar-refractivity contribution in [2.75, 3.05) is 13.2 Å². The number of nitrogens with one attached hydrogen (secondary N) is 2. The minimum Gasteiger partial charge on any atom is -0.463 e. The number of carbonyl (C=O) groups is 3. The minimum absolute atomic E-state index is 0.0328. The van der Waals surface area contributed by atoms with Crippen molar-refractivity contribution in [3.63, 3.8) is 0 Å². The number of carbonyl (C=O) groups excluding carboxylic acids is 3. The van der Waals surface area contributed by atoms with Crippen LogP contribution < -0.4 is 10.6 Å². The van der Waals surface area contributed by atoms with Crippen LogP contribution in [0.25, 0.3) is 0 Å². The molecule has 0 aromatic heterocycles. The lowest BCUT2D eigenvalue weighted by atomic mass is 9.98. The fourth-order valence-electron chi connectivity index (χ4n) is 2.97.